The van der Waals surface area contributed by atoms with Crippen molar-refractivity contribution in [3.05, 3.63) is 46.6 Å². The lowest BCUT2D eigenvalue weighted by Crippen LogP contribution is -2.35. The lowest BCUT2D eigenvalue weighted by atomic mass is 10.1. The van der Waals surface area contributed by atoms with Gasteiger partial charge in [-0.3, -0.25) is 4.79 Å². The molecule has 6 nitrogen and oxygen atoms in total. The molecule has 2 aliphatic heterocycles. The normalized spacial score (nSPS) is 16.9. The number of pyridine rings is 1. The Kier molecular flexibility index (Phi) is 5.07. The number of benzene rings is 1. The van der Waals surface area contributed by atoms with Gasteiger partial charge in [0.1, 0.15) is 5.82 Å². The number of amides is 1. The molecule has 1 saturated heterocycles. The predicted molar refractivity (Wildman–Crippen MR) is 104 cm³/mol. The molecule has 7 heteroatoms. The largest absolute Gasteiger partial charge is 0.454 e. The number of rotatable bonds is 4. The van der Waals surface area contributed by atoms with Crippen molar-refractivity contribution < 1.29 is 14.3 Å². The summed E-state index contributed by atoms with van der Waals surface area (Å²) in [5.74, 6) is 2.04. The van der Waals surface area contributed by atoms with E-state index in [-0.39, 0.29) is 18.7 Å². The molecule has 1 amide bonds. The van der Waals surface area contributed by atoms with Gasteiger partial charge in [-0.2, -0.15) is 0 Å². The van der Waals surface area contributed by atoms with E-state index in [4.69, 9.17) is 21.1 Å². The van der Waals surface area contributed by atoms with Gasteiger partial charge >= 0.3 is 0 Å². The van der Waals surface area contributed by atoms with Gasteiger partial charge in [0.15, 0.2) is 11.5 Å². The van der Waals surface area contributed by atoms with Gasteiger partial charge in [-0.25, -0.2) is 4.98 Å². The quantitative estimate of drug-likeness (QED) is 0.849. The molecule has 0 spiro atoms. The van der Waals surface area contributed by atoms with E-state index in [1.807, 2.05) is 30.0 Å². The Bertz CT molecular complexity index is 852. The number of carbonyl (C=O) groups excluding carboxylic acids is 1. The molecule has 1 aromatic carbocycles. The van der Waals surface area contributed by atoms with Crippen LogP contribution in [0.5, 0.6) is 11.5 Å². The Balaban J connectivity index is 1.47. The number of hydrogen-bond donors (Lipinski definition) is 1. The third-order valence-corrected chi connectivity index (χ3v) is 5.27. The number of aromatic nitrogens is 1. The van der Waals surface area contributed by atoms with Gasteiger partial charge in [-0.15, -0.1) is 0 Å². The molecule has 1 N–H and O–H groups in total. The first-order valence-electron chi connectivity index (χ1n) is 9.23. The highest BCUT2D eigenvalue weighted by atomic mass is 35.5. The fourth-order valence-corrected chi connectivity index (χ4v) is 3.63. The standard InChI is InChI=1S/C20H22ClN3O3/c1-13(14-5-6-17-18(10-14)27-12-26-17)23-19-16(21)9-15(11-22-19)20(25)24-7-3-2-4-8-24/h5-6,9-11,13H,2-4,7-8,12H2,1H3,(H,22,23). The number of halogens is 1. The van der Waals surface area contributed by atoms with E-state index in [9.17, 15) is 4.79 Å². The van der Waals surface area contributed by atoms with Crippen LogP contribution in [0.3, 0.4) is 0 Å². The number of piperidine rings is 1. The van der Waals surface area contributed by atoms with Crippen molar-refractivity contribution in [2.45, 2.75) is 32.2 Å². The molecule has 0 saturated carbocycles. The highest BCUT2D eigenvalue weighted by Gasteiger charge is 2.20. The van der Waals surface area contributed by atoms with Crippen molar-refractivity contribution in [1.29, 1.82) is 0 Å². The maximum absolute atomic E-state index is 12.6. The molecule has 0 radical (unpaired) electrons. The SMILES string of the molecule is CC(Nc1ncc(C(=O)N2CCCCC2)cc1Cl)c1ccc2c(c1)OCO2. The van der Waals surface area contributed by atoms with Crippen LogP contribution in [-0.2, 0) is 0 Å². The number of carbonyl (C=O) groups is 1. The van der Waals surface area contributed by atoms with Crippen LogP contribution >= 0.6 is 11.6 Å². The molecule has 0 bridgehead atoms. The Morgan fingerprint density at radius 1 is 1.19 bits per heavy atom. The van der Waals surface area contributed by atoms with E-state index >= 15 is 0 Å². The summed E-state index contributed by atoms with van der Waals surface area (Å²) in [7, 11) is 0. The molecule has 1 atom stereocenters. The highest BCUT2D eigenvalue weighted by molar-refractivity contribution is 6.33. The van der Waals surface area contributed by atoms with Crippen molar-refractivity contribution in [3.63, 3.8) is 0 Å². The summed E-state index contributed by atoms with van der Waals surface area (Å²) in [5.41, 5.74) is 1.56. The minimum Gasteiger partial charge on any atom is -0.454 e. The number of nitrogens with one attached hydrogen (secondary N) is 1. The summed E-state index contributed by atoms with van der Waals surface area (Å²) in [6.07, 6.45) is 4.89. The molecule has 27 heavy (non-hydrogen) atoms. The second-order valence-corrected chi connectivity index (χ2v) is 7.29. The number of ether oxygens (including phenoxy) is 2. The van der Waals surface area contributed by atoms with Crippen LogP contribution in [0.25, 0.3) is 0 Å². The van der Waals surface area contributed by atoms with E-state index in [2.05, 4.69) is 10.3 Å². The summed E-state index contributed by atoms with van der Waals surface area (Å²) < 4.78 is 10.8. The van der Waals surface area contributed by atoms with Gasteiger partial charge in [0, 0.05) is 19.3 Å². The van der Waals surface area contributed by atoms with Crippen molar-refractivity contribution in [1.82, 2.24) is 9.88 Å². The lowest BCUT2D eigenvalue weighted by Gasteiger charge is -2.26. The topological polar surface area (TPSA) is 63.7 Å². The summed E-state index contributed by atoms with van der Waals surface area (Å²) in [6.45, 7) is 3.87. The number of fused-ring (bicyclic) bond motifs is 1. The average molecular weight is 388 g/mol. The summed E-state index contributed by atoms with van der Waals surface area (Å²) in [6, 6.07) is 7.48. The molecule has 0 aliphatic carbocycles. The first-order chi connectivity index (χ1) is 13.1. The smallest absolute Gasteiger partial charge is 0.255 e. The minimum absolute atomic E-state index is 0.000491. The molecular weight excluding hydrogens is 366 g/mol. The van der Waals surface area contributed by atoms with Gasteiger partial charge in [-0.05, 0) is 49.9 Å². The zero-order valence-electron chi connectivity index (χ0n) is 15.2. The second-order valence-electron chi connectivity index (χ2n) is 6.89. The molecule has 2 aromatic rings. The maximum atomic E-state index is 12.6. The van der Waals surface area contributed by atoms with Crippen LogP contribution in [0.15, 0.2) is 30.5 Å². The minimum atomic E-state index is -0.0341. The molecule has 1 fully saturated rings. The maximum Gasteiger partial charge on any atom is 0.255 e. The number of nitrogens with zero attached hydrogens (tertiary/aromatic N) is 2. The molecule has 1 aromatic heterocycles. The van der Waals surface area contributed by atoms with Crippen LogP contribution in [0.2, 0.25) is 5.02 Å². The van der Waals surface area contributed by atoms with E-state index in [0.717, 1.165) is 43.0 Å². The molecular formula is C20H22ClN3O3. The second kappa shape index (κ2) is 7.64. The lowest BCUT2D eigenvalue weighted by molar-refractivity contribution is 0.0724. The monoisotopic (exact) mass is 387 g/mol. The molecule has 3 heterocycles. The average Bonchev–Trinajstić information content (AvgIpc) is 3.17. The first kappa shape index (κ1) is 17.9. The number of anilines is 1. The van der Waals surface area contributed by atoms with E-state index in [1.165, 1.54) is 6.42 Å². The van der Waals surface area contributed by atoms with Gasteiger partial charge in [0.05, 0.1) is 16.6 Å². The van der Waals surface area contributed by atoms with Crippen molar-refractivity contribution in [2.75, 3.05) is 25.2 Å². The first-order valence-corrected chi connectivity index (χ1v) is 9.60. The zero-order valence-corrected chi connectivity index (χ0v) is 16.0. The van der Waals surface area contributed by atoms with Crippen LogP contribution in [0, 0.1) is 0 Å². The molecule has 4 rings (SSSR count). The Hall–Kier alpha value is -2.47. The summed E-state index contributed by atoms with van der Waals surface area (Å²) >= 11 is 6.40. The predicted octanol–water partition coefficient (Wildman–Crippen LogP) is 4.26. The van der Waals surface area contributed by atoms with Crippen molar-refractivity contribution in [3.8, 4) is 11.5 Å². The summed E-state index contributed by atoms with van der Waals surface area (Å²) in [4.78, 5) is 18.9. The zero-order chi connectivity index (χ0) is 18.8. The van der Waals surface area contributed by atoms with Crippen molar-refractivity contribution in [2.24, 2.45) is 0 Å². The molecule has 142 valence electrons. The fourth-order valence-electron chi connectivity index (χ4n) is 3.41. The van der Waals surface area contributed by atoms with Gasteiger partial charge in [0.25, 0.3) is 5.91 Å². The molecule has 2 aliphatic rings. The molecule has 1 unspecified atom stereocenters. The Morgan fingerprint density at radius 2 is 1.96 bits per heavy atom. The van der Waals surface area contributed by atoms with Crippen LogP contribution in [0.1, 0.15) is 48.1 Å². The third kappa shape index (κ3) is 3.81. The third-order valence-electron chi connectivity index (χ3n) is 4.98. The number of hydrogen-bond acceptors (Lipinski definition) is 5. The Labute approximate surface area is 163 Å². The summed E-state index contributed by atoms with van der Waals surface area (Å²) in [5, 5.41) is 3.73. The van der Waals surface area contributed by atoms with Crippen molar-refractivity contribution >= 4 is 23.3 Å². The van der Waals surface area contributed by atoms with E-state index in [1.54, 1.807) is 12.3 Å². The van der Waals surface area contributed by atoms with E-state index < -0.39 is 0 Å². The number of likely N-dealkylation sites (tertiary alicyclic amines) is 1. The van der Waals surface area contributed by atoms with Gasteiger partial charge < -0.3 is 19.7 Å². The fraction of sp³-hybridized carbons (Fsp3) is 0.400. The van der Waals surface area contributed by atoms with Gasteiger partial charge in [0.2, 0.25) is 6.79 Å². The van der Waals surface area contributed by atoms with Crippen LogP contribution in [0.4, 0.5) is 5.82 Å². The highest BCUT2D eigenvalue weighted by Crippen LogP contribution is 2.35. The van der Waals surface area contributed by atoms with E-state index in [0.29, 0.717) is 16.4 Å². The Morgan fingerprint density at radius 3 is 2.74 bits per heavy atom. The van der Waals surface area contributed by atoms with Gasteiger partial charge in [-0.1, -0.05) is 17.7 Å². The van der Waals surface area contributed by atoms with Crippen LogP contribution in [-0.4, -0.2) is 35.7 Å². The van der Waals surface area contributed by atoms with Crippen LogP contribution < -0.4 is 14.8 Å².